The van der Waals surface area contributed by atoms with E-state index in [4.69, 9.17) is 0 Å². The van der Waals surface area contributed by atoms with Crippen molar-refractivity contribution in [3.63, 3.8) is 0 Å². The molecule has 0 aliphatic rings. The van der Waals surface area contributed by atoms with E-state index in [0.717, 1.165) is 45.6 Å². The molecule has 0 bridgehead atoms. The zero-order valence-corrected chi connectivity index (χ0v) is 18.1. The third-order valence-corrected chi connectivity index (χ3v) is 5.89. The first-order valence-corrected chi connectivity index (χ1v) is 10.6. The van der Waals surface area contributed by atoms with E-state index in [0.29, 0.717) is 5.92 Å². The highest BCUT2D eigenvalue weighted by atomic mass is 32.1. The van der Waals surface area contributed by atoms with Crippen molar-refractivity contribution in [3.8, 4) is 0 Å². The molecule has 2 aromatic rings. The van der Waals surface area contributed by atoms with E-state index in [1.54, 1.807) is 0 Å². The minimum atomic E-state index is 0.474. The fourth-order valence-corrected chi connectivity index (χ4v) is 3.73. The Morgan fingerprint density at radius 2 is 1.89 bits per heavy atom. The molecule has 0 aliphatic carbocycles. The summed E-state index contributed by atoms with van der Waals surface area (Å²) in [6, 6.07) is 10.5. The minimum absolute atomic E-state index is 0.474. The summed E-state index contributed by atoms with van der Waals surface area (Å²) in [4.78, 5) is 17.4. The first-order chi connectivity index (χ1) is 13.5. The van der Waals surface area contributed by atoms with Crippen LogP contribution in [0.5, 0.6) is 0 Å². The fourth-order valence-electron chi connectivity index (χ4n) is 2.77. The van der Waals surface area contributed by atoms with E-state index in [-0.39, 0.29) is 0 Å². The zero-order valence-electron chi connectivity index (χ0n) is 17.2. The van der Waals surface area contributed by atoms with Crippen molar-refractivity contribution in [2.24, 2.45) is 10.9 Å². The molecule has 146 valence electrons. The number of nitrogens with zero attached hydrogens (tertiary/aromatic N) is 1. The van der Waals surface area contributed by atoms with Crippen LogP contribution < -0.4 is 0 Å². The maximum Gasteiger partial charge on any atom is 0.160 e. The summed E-state index contributed by atoms with van der Waals surface area (Å²) in [5, 5.41) is 0. The lowest BCUT2D eigenvalue weighted by Gasteiger charge is -2.08. The number of allylic oxidation sites excluding steroid dienone is 3. The van der Waals surface area contributed by atoms with Crippen molar-refractivity contribution >= 4 is 41.1 Å². The van der Waals surface area contributed by atoms with Crippen LogP contribution in [0, 0.1) is 12.8 Å². The summed E-state index contributed by atoms with van der Waals surface area (Å²) in [6.45, 7) is 12.4. The third kappa shape index (κ3) is 5.74. The topological polar surface area (TPSA) is 29.4 Å². The molecule has 1 atom stereocenters. The number of aryl methyl sites for hydroxylation is 1. The van der Waals surface area contributed by atoms with Crippen LogP contribution in [0.3, 0.4) is 0 Å². The molecule has 0 radical (unpaired) electrons. The van der Waals surface area contributed by atoms with Gasteiger partial charge < -0.3 is 0 Å². The highest BCUT2D eigenvalue weighted by Crippen LogP contribution is 2.29. The maximum atomic E-state index is 11.0. The van der Waals surface area contributed by atoms with Gasteiger partial charge in [-0.1, -0.05) is 57.7 Å². The third-order valence-electron chi connectivity index (χ3n) is 4.78. The van der Waals surface area contributed by atoms with Gasteiger partial charge in [0.05, 0.1) is 4.88 Å². The Hall–Kier alpha value is -2.52. The largest absolute Gasteiger partial charge is 0.297 e. The maximum absolute atomic E-state index is 11.0. The van der Waals surface area contributed by atoms with E-state index in [2.05, 4.69) is 62.7 Å². The van der Waals surface area contributed by atoms with Crippen LogP contribution in [-0.2, 0) is 0 Å². The van der Waals surface area contributed by atoms with Crippen molar-refractivity contribution < 1.29 is 4.79 Å². The number of hydrogen-bond donors (Lipinski definition) is 0. The molecule has 0 spiro atoms. The van der Waals surface area contributed by atoms with Gasteiger partial charge in [0, 0.05) is 17.3 Å². The van der Waals surface area contributed by atoms with Gasteiger partial charge in [-0.25, -0.2) is 0 Å². The van der Waals surface area contributed by atoms with Crippen molar-refractivity contribution in [2.45, 2.75) is 40.5 Å². The second kappa shape index (κ2) is 10.7. The molecule has 2 nitrogen and oxygen atoms in total. The number of carbonyl (C=O) groups is 1. The Bertz CT molecular complexity index is 897. The van der Waals surface area contributed by atoms with Crippen LogP contribution in [-0.4, -0.2) is 12.5 Å². The number of rotatable bonds is 9. The molecular weight excluding hydrogens is 362 g/mol. The SMILES string of the molecule is C=C/C(=C\N=CC(C)CC)c1ccc(/C(=C/c2sc(C=O)cc2C)CC)cc1. The molecule has 1 aromatic heterocycles. The summed E-state index contributed by atoms with van der Waals surface area (Å²) < 4.78 is 0. The number of hydrogen-bond acceptors (Lipinski definition) is 3. The van der Waals surface area contributed by atoms with Crippen molar-refractivity contribution in [1.29, 1.82) is 0 Å². The van der Waals surface area contributed by atoms with Gasteiger partial charge in [0.15, 0.2) is 6.29 Å². The Balaban J connectivity index is 2.28. The van der Waals surface area contributed by atoms with Crippen molar-refractivity contribution in [2.75, 3.05) is 0 Å². The quantitative estimate of drug-likeness (QED) is 0.248. The number of thiophene rings is 1. The molecule has 2 rings (SSSR count). The van der Waals surface area contributed by atoms with Crippen LogP contribution in [0.2, 0.25) is 0 Å². The first kappa shape index (κ1) is 21.8. The second-order valence-electron chi connectivity index (χ2n) is 6.89. The average molecular weight is 392 g/mol. The molecule has 3 heteroatoms. The molecule has 0 saturated heterocycles. The van der Waals surface area contributed by atoms with Crippen LogP contribution >= 0.6 is 11.3 Å². The normalized spacial score (nSPS) is 13.7. The van der Waals surface area contributed by atoms with Gasteiger partial charge in [-0.2, -0.15) is 0 Å². The number of benzene rings is 1. The predicted octanol–water partition coefficient (Wildman–Crippen LogP) is 7.46. The van der Waals surface area contributed by atoms with Gasteiger partial charge >= 0.3 is 0 Å². The predicted molar refractivity (Wildman–Crippen MR) is 125 cm³/mol. The summed E-state index contributed by atoms with van der Waals surface area (Å²) >= 11 is 1.54. The van der Waals surface area contributed by atoms with Crippen LogP contribution in [0.4, 0.5) is 0 Å². The van der Waals surface area contributed by atoms with E-state index in [9.17, 15) is 4.79 Å². The molecule has 0 N–H and O–H groups in total. The van der Waals surface area contributed by atoms with Crippen LogP contribution in [0.15, 0.2) is 54.2 Å². The van der Waals surface area contributed by atoms with Gasteiger partial charge in [0.2, 0.25) is 0 Å². The highest BCUT2D eigenvalue weighted by molar-refractivity contribution is 7.14. The number of carbonyl (C=O) groups excluding carboxylic acids is 1. The Labute approximate surface area is 173 Å². The molecule has 0 fully saturated rings. The molecule has 0 aliphatic heterocycles. The van der Waals surface area contributed by atoms with E-state index < -0.39 is 0 Å². The lowest BCUT2D eigenvalue weighted by atomic mass is 9.98. The molecular formula is C25H29NOS. The zero-order chi connectivity index (χ0) is 20.5. The molecule has 1 unspecified atom stereocenters. The lowest BCUT2D eigenvalue weighted by molar-refractivity contribution is 0.112. The minimum Gasteiger partial charge on any atom is -0.297 e. The molecule has 1 aromatic carbocycles. The number of aliphatic imine (C=N–C) groups is 1. The Morgan fingerprint density at radius 1 is 1.21 bits per heavy atom. The Kier molecular flexibility index (Phi) is 8.34. The van der Waals surface area contributed by atoms with Crippen LogP contribution in [0.1, 0.15) is 64.9 Å². The second-order valence-corrected chi connectivity index (χ2v) is 8.00. The summed E-state index contributed by atoms with van der Waals surface area (Å²) in [6.07, 6.45) is 10.8. The standard InChI is InChI=1S/C25H29NOS/c1-6-18(4)15-26-16-21(8-3)23-11-9-22(10-12-23)20(7-2)14-25-19(5)13-24(17-27)28-25/h8-18H,3,6-7H2,1-2,4-5H3/b20-14+,21-16+,26-15?. The summed E-state index contributed by atoms with van der Waals surface area (Å²) in [5.74, 6) is 0.474. The molecule has 0 amide bonds. The Morgan fingerprint density at radius 3 is 2.43 bits per heavy atom. The summed E-state index contributed by atoms with van der Waals surface area (Å²) in [5.41, 5.74) is 5.71. The van der Waals surface area contributed by atoms with Crippen molar-refractivity contribution in [3.05, 3.63) is 75.6 Å². The smallest absolute Gasteiger partial charge is 0.160 e. The number of aldehydes is 1. The van der Waals surface area contributed by atoms with Gasteiger partial charge in [0.1, 0.15) is 0 Å². The van der Waals surface area contributed by atoms with Gasteiger partial charge in [-0.3, -0.25) is 9.79 Å². The van der Waals surface area contributed by atoms with Crippen molar-refractivity contribution in [1.82, 2.24) is 0 Å². The fraction of sp³-hybridized carbons (Fsp3) is 0.280. The van der Waals surface area contributed by atoms with Crippen LogP contribution in [0.25, 0.3) is 17.2 Å². The first-order valence-electron chi connectivity index (χ1n) is 9.75. The van der Waals surface area contributed by atoms with Gasteiger partial charge in [-0.05, 0) is 65.7 Å². The van der Waals surface area contributed by atoms with Gasteiger partial charge in [-0.15, -0.1) is 11.3 Å². The molecule has 0 saturated carbocycles. The average Bonchev–Trinajstić information content (AvgIpc) is 3.09. The lowest BCUT2D eigenvalue weighted by Crippen LogP contribution is -1.91. The van der Waals surface area contributed by atoms with E-state index in [1.807, 2.05) is 31.5 Å². The van der Waals surface area contributed by atoms with Gasteiger partial charge in [0.25, 0.3) is 0 Å². The van der Waals surface area contributed by atoms with E-state index in [1.165, 1.54) is 22.5 Å². The molecule has 28 heavy (non-hydrogen) atoms. The highest BCUT2D eigenvalue weighted by Gasteiger charge is 2.06. The monoisotopic (exact) mass is 391 g/mol. The summed E-state index contributed by atoms with van der Waals surface area (Å²) in [7, 11) is 0. The van der Waals surface area contributed by atoms with E-state index >= 15 is 0 Å². The molecule has 1 heterocycles.